The van der Waals surface area contributed by atoms with Crippen molar-refractivity contribution in [2.75, 3.05) is 20.2 Å². The minimum atomic E-state index is -0.626. The van der Waals surface area contributed by atoms with Crippen LogP contribution in [0.5, 0.6) is 17.2 Å². The van der Waals surface area contributed by atoms with Gasteiger partial charge in [0, 0.05) is 19.1 Å². The molecule has 1 aliphatic heterocycles. The zero-order valence-electron chi connectivity index (χ0n) is 16.6. The third kappa shape index (κ3) is 5.19. The van der Waals surface area contributed by atoms with Crippen molar-refractivity contribution < 1.29 is 24.2 Å². The molecule has 0 aliphatic carbocycles. The molecule has 1 heterocycles. The molecular formula is C22H26N2O5. The molecule has 2 N–H and O–H groups in total. The molecule has 154 valence electrons. The fourth-order valence-corrected chi connectivity index (χ4v) is 3.38. The van der Waals surface area contributed by atoms with E-state index in [2.05, 4.69) is 5.32 Å². The van der Waals surface area contributed by atoms with Gasteiger partial charge in [0.15, 0.2) is 6.10 Å². The SMILES string of the molecule is COc1ccccc1C(=O)NC1CCN(C(=O)C(C)Oc2ccc(O)cc2)CC1. The number of benzene rings is 2. The highest BCUT2D eigenvalue weighted by Gasteiger charge is 2.28. The minimum Gasteiger partial charge on any atom is -0.508 e. The van der Waals surface area contributed by atoms with Crippen LogP contribution in [0.1, 0.15) is 30.1 Å². The van der Waals surface area contributed by atoms with Gasteiger partial charge in [0.05, 0.1) is 12.7 Å². The second kappa shape index (κ2) is 9.32. The zero-order chi connectivity index (χ0) is 20.8. The quantitative estimate of drug-likeness (QED) is 0.781. The lowest BCUT2D eigenvalue weighted by Crippen LogP contribution is -2.49. The Bertz CT molecular complexity index is 845. The van der Waals surface area contributed by atoms with Gasteiger partial charge >= 0.3 is 0 Å². The molecule has 7 nitrogen and oxygen atoms in total. The summed E-state index contributed by atoms with van der Waals surface area (Å²) in [6, 6.07) is 13.4. The minimum absolute atomic E-state index is 0.00443. The molecule has 2 aromatic rings. The smallest absolute Gasteiger partial charge is 0.263 e. The number of amides is 2. The van der Waals surface area contributed by atoms with E-state index in [-0.39, 0.29) is 23.6 Å². The number of ether oxygens (including phenoxy) is 2. The molecule has 3 rings (SSSR count). The number of phenols is 1. The molecule has 7 heteroatoms. The summed E-state index contributed by atoms with van der Waals surface area (Å²) >= 11 is 0. The predicted molar refractivity (Wildman–Crippen MR) is 108 cm³/mol. The summed E-state index contributed by atoms with van der Waals surface area (Å²) in [6.45, 7) is 2.82. The Kier molecular flexibility index (Phi) is 6.59. The number of nitrogens with zero attached hydrogens (tertiary/aromatic N) is 1. The Morgan fingerprint density at radius 1 is 1.10 bits per heavy atom. The van der Waals surface area contributed by atoms with Crippen LogP contribution >= 0.6 is 0 Å². The highest BCUT2D eigenvalue weighted by molar-refractivity contribution is 5.97. The van der Waals surface area contributed by atoms with Crippen molar-refractivity contribution in [3.63, 3.8) is 0 Å². The van der Waals surface area contributed by atoms with Crippen molar-refractivity contribution in [3.8, 4) is 17.2 Å². The third-order valence-electron chi connectivity index (χ3n) is 4.99. The van der Waals surface area contributed by atoms with E-state index in [0.29, 0.717) is 43.0 Å². The van der Waals surface area contributed by atoms with Gasteiger partial charge in [-0.15, -0.1) is 0 Å². The number of carbonyl (C=O) groups excluding carboxylic acids is 2. The Balaban J connectivity index is 1.50. The van der Waals surface area contributed by atoms with Gasteiger partial charge < -0.3 is 24.8 Å². The van der Waals surface area contributed by atoms with Crippen molar-refractivity contribution >= 4 is 11.8 Å². The largest absolute Gasteiger partial charge is 0.508 e. The number of hydrogen-bond acceptors (Lipinski definition) is 5. The van der Waals surface area contributed by atoms with E-state index in [1.54, 1.807) is 42.2 Å². The fourth-order valence-electron chi connectivity index (χ4n) is 3.38. The molecule has 1 saturated heterocycles. The number of methoxy groups -OCH3 is 1. The van der Waals surface area contributed by atoms with Gasteiger partial charge in [-0.3, -0.25) is 9.59 Å². The molecule has 1 unspecified atom stereocenters. The number of rotatable bonds is 6. The topological polar surface area (TPSA) is 88.1 Å². The number of nitrogens with one attached hydrogen (secondary N) is 1. The summed E-state index contributed by atoms with van der Waals surface area (Å²) in [4.78, 5) is 26.9. The highest BCUT2D eigenvalue weighted by Crippen LogP contribution is 2.20. The van der Waals surface area contributed by atoms with Gasteiger partial charge in [-0.25, -0.2) is 0 Å². The van der Waals surface area contributed by atoms with Gasteiger partial charge in [-0.05, 0) is 56.2 Å². The maximum absolute atomic E-state index is 12.7. The van der Waals surface area contributed by atoms with Crippen molar-refractivity contribution in [2.45, 2.75) is 31.9 Å². The molecule has 1 aliphatic rings. The first-order valence-corrected chi connectivity index (χ1v) is 9.66. The van der Waals surface area contributed by atoms with Crippen LogP contribution in [0.25, 0.3) is 0 Å². The third-order valence-corrected chi connectivity index (χ3v) is 4.99. The van der Waals surface area contributed by atoms with E-state index in [4.69, 9.17) is 9.47 Å². The zero-order valence-corrected chi connectivity index (χ0v) is 16.6. The number of likely N-dealkylation sites (tertiary alicyclic amines) is 1. The van der Waals surface area contributed by atoms with E-state index in [1.165, 1.54) is 19.2 Å². The summed E-state index contributed by atoms with van der Waals surface area (Å²) in [7, 11) is 1.54. The van der Waals surface area contributed by atoms with Gasteiger partial charge in [0.25, 0.3) is 11.8 Å². The average molecular weight is 398 g/mol. The Morgan fingerprint density at radius 2 is 1.76 bits per heavy atom. The number of aromatic hydroxyl groups is 1. The van der Waals surface area contributed by atoms with E-state index in [1.807, 2.05) is 6.07 Å². The van der Waals surface area contributed by atoms with Crippen LogP contribution in [0.3, 0.4) is 0 Å². The summed E-state index contributed by atoms with van der Waals surface area (Å²) < 4.78 is 10.9. The Morgan fingerprint density at radius 3 is 2.41 bits per heavy atom. The van der Waals surface area contributed by atoms with Crippen LogP contribution in [0.15, 0.2) is 48.5 Å². The predicted octanol–water partition coefficient (Wildman–Crippen LogP) is 2.59. The number of hydrogen-bond donors (Lipinski definition) is 2. The Hall–Kier alpha value is -3.22. The summed E-state index contributed by atoms with van der Waals surface area (Å²) in [5.74, 6) is 0.956. The van der Waals surface area contributed by atoms with E-state index in [0.717, 1.165) is 0 Å². The van der Waals surface area contributed by atoms with E-state index < -0.39 is 6.10 Å². The second-order valence-electron chi connectivity index (χ2n) is 7.03. The lowest BCUT2D eigenvalue weighted by Gasteiger charge is -2.34. The summed E-state index contributed by atoms with van der Waals surface area (Å²) in [5, 5.41) is 12.4. The molecule has 1 atom stereocenters. The normalized spacial score (nSPS) is 15.4. The molecular weight excluding hydrogens is 372 g/mol. The maximum Gasteiger partial charge on any atom is 0.263 e. The monoisotopic (exact) mass is 398 g/mol. The number of para-hydroxylation sites is 1. The number of piperidine rings is 1. The molecule has 0 saturated carbocycles. The first-order chi connectivity index (χ1) is 14.0. The fraction of sp³-hybridized carbons (Fsp3) is 0.364. The van der Waals surface area contributed by atoms with Crippen LogP contribution in [0.2, 0.25) is 0 Å². The van der Waals surface area contributed by atoms with Crippen LogP contribution in [-0.2, 0) is 4.79 Å². The van der Waals surface area contributed by atoms with Crippen molar-refractivity contribution in [1.29, 1.82) is 0 Å². The molecule has 0 spiro atoms. The number of phenolic OH excluding ortho intramolecular Hbond substituents is 1. The second-order valence-corrected chi connectivity index (χ2v) is 7.03. The summed E-state index contributed by atoms with van der Waals surface area (Å²) in [6.07, 6.45) is 0.733. The van der Waals surface area contributed by atoms with E-state index >= 15 is 0 Å². The average Bonchev–Trinajstić information content (AvgIpc) is 2.75. The van der Waals surface area contributed by atoms with Crippen molar-refractivity contribution in [1.82, 2.24) is 10.2 Å². The Labute approximate surface area is 170 Å². The number of carbonyl (C=O) groups is 2. The molecule has 0 radical (unpaired) electrons. The molecule has 2 aromatic carbocycles. The lowest BCUT2D eigenvalue weighted by atomic mass is 10.0. The molecule has 0 aromatic heterocycles. The van der Waals surface area contributed by atoms with Gasteiger partial charge in [-0.2, -0.15) is 0 Å². The molecule has 0 bridgehead atoms. The standard InChI is InChI=1S/C22H26N2O5/c1-15(29-18-9-7-17(25)8-10-18)22(27)24-13-11-16(12-14-24)23-21(26)19-5-3-4-6-20(19)28-2/h3-10,15-16,25H,11-14H2,1-2H3,(H,23,26). The lowest BCUT2D eigenvalue weighted by molar-refractivity contribution is -0.139. The molecule has 2 amide bonds. The molecule has 1 fully saturated rings. The van der Waals surface area contributed by atoms with Gasteiger partial charge in [-0.1, -0.05) is 12.1 Å². The van der Waals surface area contributed by atoms with Gasteiger partial charge in [0.1, 0.15) is 17.2 Å². The van der Waals surface area contributed by atoms with Gasteiger partial charge in [0.2, 0.25) is 0 Å². The maximum atomic E-state index is 12.7. The van der Waals surface area contributed by atoms with Crippen LogP contribution < -0.4 is 14.8 Å². The first kappa shape index (κ1) is 20.5. The summed E-state index contributed by atoms with van der Waals surface area (Å²) in [5.41, 5.74) is 0.504. The highest BCUT2D eigenvalue weighted by atomic mass is 16.5. The van der Waals surface area contributed by atoms with Crippen LogP contribution in [-0.4, -0.2) is 54.2 Å². The van der Waals surface area contributed by atoms with E-state index in [9.17, 15) is 14.7 Å². The molecule has 29 heavy (non-hydrogen) atoms. The van der Waals surface area contributed by atoms with Crippen LogP contribution in [0, 0.1) is 0 Å². The van der Waals surface area contributed by atoms with Crippen molar-refractivity contribution in [3.05, 3.63) is 54.1 Å². The first-order valence-electron chi connectivity index (χ1n) is 9.66. The van der Waals surface area contributed by atoms with Crippen LogP contribution in [0.4, 0.5) is 0 Å². The van der Waals surface area contributed by atoms with Crippen molar-refractivity contribution in [2.24, 2.45) is 0 Å².